The van der Waals surface area contributed by atoms with Crippen molar-refractivity contribution in [3.05, 3.63) is 35.9 Å². The molecule has 0 amide bonds. The number of hydrogen-bond acceptors (Lipinski definition) is 1. The van der Waals surface area contributed by atoms with Gasteiger partial charge in [0.15, 0.2) is 0 Å². The van der Waals surface area contributed by atoms with E-state index in [1.807, 2.05) is 0 Å². The van der Waals surface area contributed by atoms with Crippen LogP contribution in [0.25, 0.3) is 0 Å². The van der Waals surface area contributed by atoms with Crippen LogP contribution in [0.1, 0.15) is 38.7 Å². The summed E-state index contributed by atoms with van der Waals surface area (Å²) in [6.07, 6.45) is 5.19. The zero-order valence-corrected chi connectivity index (χ0v) is 10.4. The lowest BCUT2D eigenvalue weighted by Gasteiger charge is -2.12. The minimum Gasteiger partial charge on any atom is -0.311 e. The van der Waals surface area contributed by atoms with Gasteiger partial charge in [-0.2, -0.15) is 0 Å². The molecule has 0 bridgehead atoms. The fourth-order valence-corrected chi connectivity index (χ4v) is 2.48. The minimum absolute atomic E-state index is 0.691. The molecule has 1 N–H and O–H groups in total. The van der Waals surface area contributed by atoms with E-state index in [0.717, 1.165) is 12.0 Å². The molecule has 3 atom stereocenters. The Labute approximate surface area is 99.3 Å². The maximum absolute atomic E-state index is 3.73. The Bertz CT molecular complexity index is 306. The van der Waals surface area contributed by atoms with Gasteiger partial charge in [0.25, 0.3) is 0 Å². The van der Waals surface area contributed by atoms with Crippen molar-refractivity contribution >= 4 is 0 Å². The number of hydrogen-bond donors (Lipinski definition) is 1. The molecule has 0 radical (unpaired) electrons. The topological polar surface area (TPSA) is 12.0 Å². The van der Waals surface area contributed by atoms with E-state index in [0.29, 0.717) is 6.04 Å². The zero-order valence-electron chi connectivity index (χ0n) is 10.4. The van der Waals surface area contributed by atoms with Crippen LogP contribution in [0.4, 0.5) is 0 Å². The predicted octanol–water partition coefficient (Wildman–Crippen LogP) is 3.40. The second kappa shape index (κ2) is 5.49. The van der Waals surface area contributed by atoms with E-state index >= 15 is 0 Å². The van der Waals surface area contributed by atoms with Crippen molar-refractivity contribution in [1.29, 1.82) is 0 Å². The van der Waals surface area contributed by atoms with Gasteiger partial charge in [-0.1, -0.05) is 43.7 Å². The molecule has 16 heavy (non-hydrogen) atoms. The van der Waals surface area contributed by atoms with Crippen molar-refractivity contribution in [2.45, 2.75) is 51.6 Å². The molecular formula is C15H23N. The lowest BCUT2D eigenvalue weighted by molar-refractivity contribution is 0.489. The van der Waals surface area contributed by atoms with Crippen LogP contribution in [0, 0.1) is 5.92 Å². The first-order valence-corrected chi connectivity index (χ1v) is 6.59. The Kier molecular flexibility index (Phi) is 4.00. The van der Waals surface area contributed by atoms with Gasteiger partial charge in [-0.05, 0) is 37.7 Å². The van der Waals surface area contributed by atoms with Crippen LogP contribution in [0.15, 0.2) is 30.3 Å². The number of nitrogens with one attached hydrogen (secondary N) is 1. The Hall–Kier alpha value is -0.820. The summed E-state index contributed by atoms with van der Waals surface area (Å²) in [7, 11) is 0. The lowest BCUT2D eigenvalue weighted by Crippen LogP contribution is -2.29. The summed E-state index contributed by atoms with van der Waals surface area (Å²) in [6, 6.07) is 12.3. The van der Waals surface area contributed by atoms with Crippen molar-refractivity contribution in [2.75, 3.05) is 0 Å². The molecule has 0 aromatic heterocycles. The molecule has 1 aromatic carbocycles. The molecule has 1 aliphatic rings. The first-order chi connectivity index (χ1) is 7.79. The predicted molar refractivity (Wildman–Crippen MR) is 69.5 cm³/mol. The summed E-state index contributed by atoms with van der Waals surface area (Å²) in [4.78, 5) is 0. The molecule has 0 aliphatic heterocycles. The molecule has 88 valence electrons. The average Bonchev–Trinajstić information content (AvgIpc) is 2.98. The maximum atomic E-state index is 3.73. The monoisotopic (exact) mass is 217 g/mol. The summed E-state index contributed by atoms with van der Waals surface area (Å²) < 4.78 is 0. The smallest absolute Gasteiger partial charge is 0.0105 e. The molecule has 1 aliphatic carbocycles. The molecule has 0 heterocycles. The van der Waals surface area contributed by atoms with E-state index < -0.39 is 0 Å². The molecule has 1 aromatic rings. The quantitative estimate of drug-likeness (QED) is 0.770. The Balaban J connectivity index is 1.71. The van der Waals surface area contributed by atoms with Gasteiger partial charge in [0, 0.05) is 12.1 Å². The summed E-state index contributed by atoms with van der Waals surface area (Å²) in [5.41, 5.74) is 1.49. The van der Waals surface area contributed by atoms with Gasteiger partial charge >= 0.3 is 0 Å². The highest BCUT2D eigenvalue weighted by atomic mass is 15.0. The molecule has 1 heteroatoms. The van der Waals surface area contributed by atoms with E-state index in [-0.39, 0.29) is 0 Å². The van der Waals surface area contributed by atoms with E-state index in [4.69, 9.17) is 0 Å². The molecule has 2 rings (SSSR count). The van der Waals surface area contributed by atoms with Crippen LogP contribution >= 0.6 is 0 Å². The van der Waals surface area contributed by atoms with Crippen molar-refractivity contribution in [1.82, 2.24) is 5.32 Å². The first-order valence-electron chi connectivity index (χ1n) is 6.59. The van der Waals surface area contributed by atoms with E-state index in [1.165, 1.54) is 31.2 Å². The molecule has 0 saturated heterocycles. The van der Waals surface area contributed by atoms with E-state index in [9.17, 15) is 0 Å². The third kappa shape index (κ3) is 3.34. The summed E-state index contributed by atoms with van der Waals surface area (Å²) >= 11 is 0. The SMILES string of the molecule is CCCC(C)NC1CC1Cc1ccccc1. The molecule has 3 unspecified atom stereocenters. The largest absolute Gasteiger partial charge is 0.311 e. The van der Waals surface area contributed by atoms with Crippen molar-refractivity contribution in [2.24, 2.45) is 5.92 Å². The van der Waals surface area contributed by atoms with Crippen molar-refractivity contribution in [3.63, 3.8) is 0 Å². The highest BCUT2D eigenvalue weighted by molar-refractivity contribution is 5.17. The molecule has 1 nitrogen and oxygen atoms in total. The van der Waals surface area contributed by atoms with Crippen LogP contribution in [0.5, 0.6) is 0 Å². The van der Waals surface area contributed by atoms with Gasteiger partial charge < -0.3 is 5.32 Å². The zero-order chi connectivity index (χ0) is 11.4. The minimum atomic E-state index is 0.691. The second-order valence-corrected chi connectivity index (χ2v) is 5.15. The normalized spacial score (nSPS) is 25.4. The van der Waals surface area contributed by atoms with Crippen molar-refractivity contribution < 1.29 is 0 Å². The van der Waals surface area contributed by atoms with Gasteiger partial charge in [0.05, 0.1) is 0 Å². The number of rotatable bonds is 6. The van der Waals surface area contributed by atoms with Crippen LogP contribution < -0.4 is 5.32 Å². The maximum Gasteiger partial charge on any atom is 0.0105 e. The van der Waals surface area contributed by atoms with Crippen LogP contribution in [-0.2, 0) is 6.42 Å². The fourth-order valence-electron chi connectivity index (χ4n) is 2.48. The summed E-state index contributed by atoms with van der Waals surface area (Å²) in [5.74, 6) is 0.877. The van der Waals surface area contributed by atoms with Gasteiger partial charge in [0.1, 0.15) is 0 Å². The highest BCUT2D eigenvalue weighted by Gasteiger charge is 2.37. The third-order valence-corrected chi connectivity index (χ3v) is 3.48. The lowest BCUT2D eigenvalue weighted by atomic mass is 10.1. The van der Waals surface area contributed by atoms with Gasteiger partial charge in [-0.3, -0.25) is 0 Å². The molecule has 1 fully saturated rings. The van der Waals surface area contributed by atoms with Crippen LogP contribution in [0.3, 0.4) is 0 Å². The Morgan fingerprint density at radius 2 is 2.06 bits per heavy atom. The summed E-state index contributed by atoms with van der Waals surface area (Å²) in [6.45, 7) is 4.56. The summed E-state index contributed by atoms with van der Waals surface area (Å²) in [5, 5.41) is 3.73. The fraction of sp³-hybridized carbons (Fsp3) is 0.600. The van der Waals surface area contributed by atoms with Crippen LogP contribution in [0.2, 0.25) is 0 Å². The van der Waals surface area contributed by atoms with Gasteiger partial charge in [0.2, 0.25) is 0 Å². The Morgan fingerprint density at radius 3 is 2.75 bits per heavy atom. The number of benzene rings is 1. The van der Waals surface area contributed by atoms with Gasteiger partial charge in [-0.15, -0.1) is 0 Å². The molecule has 0 spiro atoms. The average molecular weight is 217 g/mol. The molecule has 1 saturated carbocycles. The van der Waals surface area contributed by atoms with Crippen molar-refractivity contribution in [3.8, 4) is 0 Å². The Morgan fingerprint density at radius 1 is 1.31 bits per heavy atom. The van der Waals surface area contributed by atoms with E-state index in [2.05, 4.69) is 49.5 Å². The van der Waals surface area contributed by atoms with E-state index in [1.54, 1.807) is 0 Å². The van der Waals surface area contributed by atoms with Crippen LogP contribution in [-0.4, -0.2) is 12.1 Å². The third-order valence-electron chi connectivity index (χ3n) is 3.48. The molecular weight excluding hydrogens is 194 g/mol. The highest BCUT2D eigenvalue weighted by Crippen LogP contribution is 2.34. The second-order valence-electron chi connectivity index (χ2n) is 5.15. The standard InChI is InChI=1S/C15H23N/c1-3-7-12(2)16-15-11-14(15)10-13-8-5-4-6-9-13/h4-6,8-9,12,14-16H,3,7,10-11H2,1-2H3. The first kappa shape index (κ1) is 11.7. The van der Waals surface area contributed by atoms with Gasteiger partial charge in [-0.25, -0.2) is 0 Å².